The van der Waals surface area contributed by atoms with E-state index in [2.05, 4.69) is 29.8 Å². The Hall–Kier alpha value is -1.14. The van der Waals surface area contributed by atoms with Crippen LogP contribution in [0.25, 0.3) is 0 Å². The quantitative estimate of drug-likeness (QED) is 0.624. The van der Waals surface area contributed by atoms with Gasteiger partial charge in [-0.1, -0.05) is 0 Å². The van der Waals surface area contributed by atoms with Crippen LogP contribution >= 0.6 is 0 Å². The Morgan fingerprint density at radius 3 is 2.70 bits per heavy atom. The zero-order valence-corrected chi connectivity index (χ0v) is 12.2. The Balaban J connectivity index is 1.57. The first-order chi connectivity index (χ1) is 9.47. The molecule has 3 rings (SSSR count). The molecule has 6 heteroatoms. The van der Waals surface area contributed by atoms with Gasteiger partial charge in [0.25, 0.3) is 0 Å². The van der Waals surface area contributed by atoms with Gasteiger partial charge in [-0.2, -0.15) is 0 Å². The number of nitrogens with one attached hydrogen (secondary N) is 3. The fourth-order valence-electron chi connectivity index (χ4n) is 3.32. The molecule has 112 valence electrons. The monoisotopic (exact) mass is 280 g/mol. The number of rotatable bonds is 3. The Morgan fingerprint density at radius 2 is 2.15 bits per heavy atom. The molecule has 6 nitrogen and oxygen atoms in total. The van der Waals surface area contributed by atoms with E-state index < -0.39 is 0 Å². The van der Waals surface area contributed by atoms with Gasteiger partial charge in [0.1, 0.15) is 0 Å². The highest BCUT2D eigenvalue weighted by Crippen LogP contribution is 2.24. The lowest BCUT2D eigenvalue weighted by molar-refractivity contribution is -0.131. The zero-order valence-electron chi connectivity index (χ0n) is 12.2. The molecule has 3 N–H and O–H groups in total. The summed E-state index contributed by atoms with van der Waals surface area (Å²) >= 11 is 0. The third kappa shape index (κ3) is 2.42. The lowest BCUT2D eigenvalue weighted by Gasteiger charge is -2.35. The van der Waals surface area contributed by atoms with Crippen molar-refractivity contribution < 1.29 is 9.59 Å². The molecular weight excluding hydrogens is 256 g/mol. The van der Waals surface area contributed by atoms with Crippen molar-refractivity contribution in [1.82, 2.24) is 20.9 Å². The highest BCUT2D eigenvalue weighted by Gasteiger charge is 2.42. The smallest absolute Gasteiger partial charge is 0.225 e. The Kier molecular flexibility index (Phi) is 3.46. The molecule has 0 aromatic carbocycles. The van der Waals surface area contributed by atoms with Crippen molar-refractivity contribution in [2.75, 3.05) is 26.2 Å². The molecule has 3 aliphatic heterocycles. The summed E-state index contributed by atoms with van der Waals surface area (Å²) in [6, 6.07) is 0.453. The number of hydrogen-bond acceptors (Lipinski definition) is 4. The third-order valence-electron chi connectivity index (χ3n) is 4.93. The highest BCUT2D eigenvalue weighted by atomic mass is 16.2. The van der Waals surface area contributed by atoms with E-state index in [-0.39, 0.29) is 29.3 Å². The predicted molar refractivity (Wildman–Crippen MR) is 75.1 cm³/mol. The van der Waals surface area contributed by atoms with Gasteiger partial charge in [-0.05, 0) is 26.8 Å². The SMILES string of the molecule is CC1(C)NCCC1NC(=O)C1CC(=O)N(C2CNC2)C1. The van der Waals surface area contributed by atoms with Crippen LogP contribution in [0.5, 0.6) is 0 Å². The van der Waals surface area contributed by atoms with E-state index >= 15 is 0 Å². The molecule has 0 saturated carbocycles. The van der Waals surface area contributed by atoms with Crippen LogP contribution in [0.1, 0.15) is 26.7 Å². The van der Waals surface area contributed by atoms with Crippen LogP contribution in [-0.2, 0) is 9.59 Å². The van der Waals surface area contributed by atoms with Gasteiger partial charge in [-0.3, -0.25) is 9.59 Å². The Morgan fingerprint density at radius 1 is 1.40 bits per heavy atom. The van der Waals surface area contributed by atoms with Crippen LogP contribution < -0.4 is 16.0 Å². The minimum Gasteiger partial charge on any atom is -0.351 e. The summed E-state index contributed by atoms with van der Waals surface area (Å²) in [5, 5.41) is 9.70. The van der Waals surface area contributed by atoms with Gasteiger partial charge in [0, 0.05) is 37.6 Å². The lowest BCUT2D eigenvalue weighted by atomic mass is 9.96. The van der Waals surface area contributed by atoms with Gasteiger partial charge in [0.05, 0.1) is 12.0 Å². The molecule has 3 heterocycles. The second-order valence-corrected chi connectivity index (χ2v) is 6.76. The normalized spacial score (nSPS) is 33.3. The second-order valence-electron chi connectivity index (χ2n) is 6.76. The molecular formula is C14H24N4O2. The minimum atomic E-state index is -0.181. The van der Waals surface area contributed by atoms with Gasteiger partial charge >= 0.3 is 0 Å². The number of nitrogens with zero attached hydrogens (tertiary/aromatic N) is 1. The van der Waals surface area contributed by atoms with E-state index in [1.54, 1.807) is 0 Å². The minimum absolute atomic E-state index is 0.0370. The lowest BCUT2D eigenvalue weighted by Crippen LogP contribution is -2.58. The molecule has 0 aromatic rings. The first-order valence-corrected chi connectivity index (χ1v) is 7.53. The van der Waals surface area contributed by atoms with Crippen LogP contribution in [-0.4, -0.2) is 60.5 Å². The summed E-state index contributed by atoms with van der Waals surface area (Å²) in [4.78, 5) is 26.2. The molecule has 0 bridgehead atoms. The Labute approximate surface area is 119 Å². The van der Waals surface area contributed by atoms with Crippen LogP contribution in [0, 0.1) is 5.92 Å². The van der Waals surface area contributed by atoms with Gasteiger partial charge in [-0.15, -0.1) is 0 Å². The molecule has 0 aliphatic carbocycles. The summed E-state index contributed by atoms with van der Waals surface area (Å²) in [6.45, 7) is 7.45. The average Bonchev–Trinajstić information content (AvgIpc) is 2.82. The molecule has 0 radical (unpaired) electrons. The largest absolute Gasteiger partial charge is 0.351 e. The van der Waals surface area contributed by atoms with E-state index in [9.17, 15) is 9.59 Å². The summed E-state index contributed by atoms with van der Waals surface area (Å²) in [5.74, 6) is -0.0186. The number of hydrogen-bond donors (Lipinski definition) is 3. The van der Waals surface area contributed by atoms with Gasteiger partial charge in [0.15, 0.2) is 0 Å². The Bertz CT molecular complexity index is 419. The van der Waals surface area contributed by atoms with Crippen LogP contribution in [0.3, 0.4) is 0 Å². The van der Waals surface area contributed by atoms with E-state index in [1.165, 1.54) is 0 Å². The summed E-state index contributed by atoms with van der Waals surface area (Å²) < 4.78 is 0. The van der Waals surface area contributed by atoms with E-state index in [1.807, 2.05) is 4.90 Å². The number of carbonyl (C=O) groups is 2. The topological polar surface area (TPSA) is 73.5 Å². The van der Waals surface area contributed by atoms with E-state index in [0.29, 0.717) is 19.0 Å². The van der Waals surface area contributed by atoms with Crippen molar-refractivity contribution in [2.45, 2.75) is 44.3 Å². The standard InChI is InChI=1S/C14H24N4O2/c1-14(2)11(3-4-16-14)17-13(20)9-5-12(19)18(8-9)10-6-15-7-10/h9-11,15-16H,3-8H2,1-2H3,(H,17,20). The summed E-state index contributed by atoms with van der Waals surface area (Å²) in [7, 11) is 0. The van der Waals surface area contributed by atoms with Crippen molar-refractivity contribution in [3.05, 3.63) is 0 Å². The predicted octanol–water partition coefficient (Wildman–Crippen LogP) is -0.937. The molecule has 0 spiro atoms. The van der Waals surface area contributed by atoms with Crippen LogP contribution in [0.15, 0.2) is 0 Å². The first-order valence-electron chi connectivity index (χ1n) is 7.53. The molecule has 3 aliphatic rings. The number of carbonyl (C=O) groups excluding carboxylic acids is 2. The van der Waals surface area contributed by atoms with Crippen molar-refractivity contribution in [1.29, 1.82) is 0 Å². The molecule has 20 heavy (non-hydrogen) atoms. The van der Waals surface area contributed by atoms with Crippen molar-refractivity contribution >= 4 is 11.8 Å². The molecule has 0 aromatic heterocycles. The summed E-state index contributed by atoms with van der Waals surface area (Å²) in [6.07, 6.45) is 1.32. The van der Waals surface area contributed by atoms with E-state index in [4.69, 9.17) is 0 Å². The molecule has 2 atom stereocenters. The number of likely N-dealkylation sites (tertiary alicyclic amines) is 1. The molecule has 3 saturated heterocycles. The van der Waals surface area contributed by atoms with Gasteiger partial charge in [-0.25, -0.2) is 0 Å². The second kappa shape index (κ2) is 5.00. The summed E-state index contributed by atoms with van der Waals surface area (Å²) in [5.41, 5.74) is -0.0597. The maximum Gasteiger partial charge on any atom is 0.225 e. The first kappa shape index (κ1) is 13.8. The zero-order chi connectivity index (χ0) is 14.3. The average molecular weight is 280 g/mol. The van der Waals surface area contributed by atoms with Gasteiger partial charge in [0.2, 0.25) is 11.8 Å². The fraction of sp³-hybridized carbons (Fsp3) is 0.857. The van der Waals surface area contributed by atoms with Crippen LogP contribution in [0.2, 0.25) is 0 Å². The van der Waals surface area contributed by atoms with Crippen molar-refractivity contribution in [2.24, 2.45) is 5.92 Å². The maximum absolute atomic E-state index is 12.4. The highest BCUT2D eigenvalue weighted by molar-refractivity contribution is 5.89. The molecule has 2 unspecified atom stereocenters. The van der Waals surface area contributed by atoms with Crippen LogP contribution in [0.4, 0.5) is 0 Å². The molecule has 3 fully saturated rings. The third-order valence-corrected chi connectivity index (χ3v) is 4.93. The van der Waals surface area contributed by atoms with Crippen molar-refractivity contribution in [3.8, 4) is 0 Å². The fourth-order valence-corrected chi connectivity index (χ4v) is 3.32. The van der Waals surface area contributed by atoms with Crippen molar-refractivity contribution in [3.63, 3.8) is 0 Å². The number of amides is 2. The van der Waals surface area contributed by atoms with Gasteiger partial charge < -0.3 is 20.9 Å². The molecule has 2 amide bonds. The maximum atomic E-state index is 12.4. The van der Waals surface area contributed by atoms with E-state index in [0.717, 1.165) is 26.1 Å².